The SMILES string of the molecule is Cc1cc(C)cc(-n2nnc3c(=O)n(Cc4c(F)cccc4Cl)cnc32)c1. The predicted octanol–water partition coefficient (Wildman–Crippen LogP) is 3.43. The van der Waals surface area contributed by atoms with Gasteiger partial charge in [0.1, 0.15) is 12.1 Å². The maximum atomic E-state index is 14.0. The zero-order chi connectivity index (χ0) is 19.1. The first-order valence-electron chi connectivity index (χ1n) is 8.26. The van der Waals surface area contributed by atoms with Gasteiger partial charge in [-0.1, -0.05) is 28.9 Å². The maximum Gasteiger partial charge on any atom is 0.283 e. The van der Waals surface area contributed by atoms with E-state index < -0.39 is 11.4 Å². The standard InChI is InChI=1S/C19H15ClFN5O/c1-11-6-12(2)8-13(7-11)26-18-17(23-24-26)19(27)25(10-22-18)9-14-15(20)4-3-5-16(14)21/h3-8,10H,9H2,1-2H3. The van der Waals surface area contributed by atoms with Crippen molar-refractivity contribution in [1.29, 1.82) is 0 Å². The second-order valence-electron chi connectivity index (χ2n) is 6.40. The summed E-state index contributed by atoms with van der Waals surface area (Å²) in [6.07, 6.45) is 1.36. The van der Waals surface area contributed by atoms with Gasteiger partial charge in [0.15, 0.2) is 11.2 Å². The Morgan fingerprint density at radius 1 is 1.15 bits per heavy atom. The van der Waals surface area contributed by atoms with Gasteiger partial charge in [0.25, 0.3) is 5.56 Å². The average Bonchev–Trinajstić information content (AvgIpc) is 3.04. The Morgan fingerprint density at radius 2 is 1.89 bits per heavy atom. The molecule has 0 atom stereocenters. The van der Waals surface area contributed by atoms with Crippen LogP contribution in [0.5, 0.6) is 0 Å². The molecular weight excluding hydrogens is 369 g/mol. The summed E-state index contributed by atoms with van der Waals surface area (Å²) in [5.74, 6) is -0.478. The van der Waals surface area contributed by atoms with Crippen LogP contribution in [0.3, 0.4) is 0 Å². The first-order chi connectivity index (χ1) is 12.9. The number of aromatic nitrogens is 5. The highest BCUT2D eigenvalue weighted by molar-refractivity contribution is 6.31. The molecule has 0 aliphatic heterocycles. The first kappa shape index (κ1) is 17.4. The summed E-state index contributed by atoms with van der Waals surface area (Å²) in [5, 5.41) is 8.32. The van der Waals surface area contributed by atoms with Gasteiger partial charge in [-0.25, -0.2) is 9.37 Å². The van der Waals surface area contributed by atoms with Gasteiger partial charge in [-0.05, 0) is 49.2 Å². The molecule has 0 saturated carbocycles. The third-order valence-corrected chi connectivity index (χ3v) is 4.62. The highest BCUT2D eigenvalue weighted by Gasteiger charge is 2.15. The van der Waals surface area contributed by atoms with Crippen molar-refractivity contribution in [2.75, 3.05) is 0 Å². The molecule has 2 heterocycles. The Balaban J connectivity index is 1.82. The molecule has 4 aromatic rings. The number of aryl methyl sites for hydroxylation is 2. The lowest BCUT2D eigenvalue weighted by Gasteiger charge is -2.08. The molecule has 0 fully saturated rings. The normalized spacial score (nSPS) is 11.3. The molecule has 4 rings (SSSR count). The van der Waals surface area contributed by atoms with Crippen molar-refractivity contribution >= 4 is 22.8 Å². The van der Waals surface area contributed by atoms with Crippen LogP contribution in [0.1, 0.15) is 16.7 Å². The van der Waals surface area contributed by atoms with Gasteiger partial charge in [-0.15, -0.1) is 5.10 Å². The minimum atomic E-state index is -0.478. The van der Waals surface area contributed by atoms with Crippen molar-refractivity contribution < 1.29 is 4.39 Å². The molecule has 0 radical (unpaired) electrons. The van der Waals surface area contributed by atoms with E-state index in [1.54, 1.807) is 6.07 Å². The lowest BCUT2D eigenvalue weighted by Crippen LogP contribution is -2.22. The summed E-state index contributed by atoms with van der Waals surface area (Å²) in [6, 6.07) is 10.3. The molecule has 0 spiro atoms. The second kappa shape index (κ2) is 6.59. The fourth-order valence-electron chi connectivity index (χ4n) is 3.06. The Hall–Kier alpha value is -3.06. The van der Waals surface area contributed by atoms with E-state index >= 15 is 0 Å². The van der Waals surface area contributed by atoms with Crippen molar-refractivity contribution in [2.24, 2.45) is 0 Å². The van der Waals surface area contributed by atoms with Crippen LogP contribution in [0.2, 0.25) is 5.02 Å². The number of hydrogen-bond donors (Lipinski definition) is 0. The third-order valence-electron chi connectivity index (χ3n) is 4.27. The number of benzene rings is 2. The zero-order valence-corrected chi connectivity index (χ0v) is 15.4. The van der Waals surface area contributed by atoms with E-state index in [0.29, 0.717) is 5.65 Å². The third kappa shape index (κ3) is 3.10. The van der Waals surface area contributed by atoms with E-state index in [1.165, 1.54) is 27.7 Å². The molecule has 2 aromatic heterocycles. The van der Waals surface area contributed by atoms with E-state index in [-0.39, 0.29) is 22.6 Å². The number of nitrogens with zero attached hydrogens (tertiary/aromatic N) is 5. The van der Waals surface area contributed by atoms with Crippen molar-refractivity contribution in [3.63, 3.8) is 0 Å². The Kier molecular flexibility index (Phi) is 4.24. The van der Waals surface area contributed by atoms with Crippen molar-refractivity contribution in [3.8, 4) is 5.69 Å². The van der Waals surface area contributed by atoms with Crippen LogP contribution in [0.25, 0.3) is 16.9 Å². The molecule has 0 amide bonds. The van der Waals surface area contributed by atoms with Crippen LogP contribution < -0.4 is 5.56 Å². The van der Waals surface area contributed by atoms with Crippen molar-refractivity contribution in [2.45, 2.75) is 20.4 Å². The largest absolute Gasteiger partial charge is 0.293 e. The van der Waals surface area contributed by atoms with Gasteiger partial charge >= 0.3 is 0 Å². The van der Waals surface area contributed by atoms with E-state index in [0.717, 1.165) is 16.8 Å². The van der Waals surface area contributed by atoms with Gasteiger partial charge in [-0.2, -0.15) is 4.68 Å². The van der Waals surface area contributed by atoms with Crippen LogP contribution in [0.4, 0.5) is 4.39 Å². The van der Waals surface area contributed by atoms with E-state index in [4.69, 9.17) is 11.6 Å². The summed E-state index contributed by atoms with van der Waals surface area (Å²) in [5.41, 5.74) is 3.19. The average molecular weight is 384 g/mol. The summed E-state index contributed by atoms with van der Waals surface area (Å²) in [4.78, 5) is 17.1. The van der Waals surface area contributed by atoms with Crippen molar-refractivity contribution in [1.82, 2.24) is 24.5 Å². The number of hydrogen-bond acceptors (Lipinski definition) is 4. The fraction of sp³-hybridized carbons (Fsp3) is 0.158. The Labute approximate surface area is 158 Å². The smallest absolute Gasteiger partial charge is 0.283 e. The minimum Gasteiger partial charge on any atom is -0.293 e. The van der Waals surface area contributed by atoms with E-state index in [2.05, 4.69) is 15.3 Å². The van der Waals surface area contributed by atoms with Crippen LogP contribution in [0, 0.1) is 19.7 Å². The van der Waals surface area contributed by atoms with Gasteiger partial charge in [0, 0.05) is 10.6 Å². The predicted molar refractivity (Wildman–Crippen MR) is 101 cm³/mol. The molecule has 0 saturated heterocycles. The molecule has 6 nitrogen and oxygen atoms in total. The quantitative estimate of drug-likeness (QED) is 0.543. The van der Waals surface area contributed by atoms with Crippen LogP contribution in [0.15, 0.2) is 47.5 Å². The second-order valence-corrected chi connectivity index (χ2v) is 6.80. The Morgan fingerprint density at radius 3 is 2.59 bits per heavy atom. The zero-order valence-electron chi connectivity index (χ0n) is 14.6. The van der Waals surface area contributed by atoms with Gasteiger partial charge in [-0.3, -0.25) is 9.36 Å². The van der Waals surface area contributed by atoms with Crippen LogP contribution in [-0.4, -0.2) is 24.5 Å². The highest BCUT2D eigenvalue weighted by atomic mass is 35.5. The molecular formula is C19H15ClFN5O. The summed E-state index contributed by atoms with van der Waals surface area (Å²) in [6.45, 7) is 3.92. The molecule has 0 aliphatic carbocycles. The molecule has 27 heavy (non-hydrogen) atoms. The van der Waals surface area contributed by atoms with Crippen LogP contribution >= 0.6 is 11.6 Å². The molecule has 0 N–H and O–H groups in total. The Bertz CT molecular complexity index is 1190. The number of fused-ring (bicyclic) bond motifs is 1. The molecule has 8 heteroatoms. The topological polar surface area (TPSA) is 65.6 Å². The molecule has 136 valence electrons. The maximum absolute atomic E-state index is 14.0. The van der Waals surface area contributed by atoms with Gasteiger partial charge in [0.05, 0.1) is 12.2 Å². The van der Waals surface area contributed by atoms with E-state index in [1.807, 2.05) is 32.0 Å². The van der Waals surface area contributed by atoms with Crippen LogP contribution in [-0.2, 0) is 6.54 Å². The summed E-state index contributed by atoms with van der Waals surface area (Å²) < 4.78 is 16.8. The first-order valence-corrected chi connectivity index (χ1v) is 8.64. The lowest BCUT2D eigenvalue weighted by molar-refractivity contribution is 0.595. The highest BCUT2D eigenvalue weighted by Crippen LogP contribution is 2.20. The van der Waals surface area contributed by atoms with E-state index in [9.17, 15) is 9.18 Å². The number of rotatable bonds is 3. The lowest BCUT2D eigenvalue weighted by atomic mass is 10.1. The van der Waals surface area contributed by atoms with Crippen molar-refractivity contribution in [3.05, 3.63) is 80.6 Å². The molecule has 0 bridgehead atoms. The molecule has 0 unspecified atom stereocenters. The molecule has 0 aliphatic rings. The summed E-state index contributed by atoms with van der Waals surface area (Å²) in [7, 11) is 0. The monoisotopic (exact) mass is 383 g/mol. The van der Waals surface area contributed by atoms with Gasteiger partial charge < -0.3 is 0 Å². The minimum absolute atomic E-state index is 0.0380. The summed E-state index contributed by atoms with van der Waals surface area (Å²) >= 11 is 6.06. The van der Waals surface area contributed by atoms with Gasteiger partial charge in [0.2, 0.25) is 0 Å². The molecule has 2 aromatic carbocycles. The fourth-order valence-corrected chi connectivity index (χ4v) is 3.28. The number of halogens is 2.